The molecule has 0 aliphatic heterocycles. The Bertz CT molecular complexity index is 133. The maximum absolute atomic E-state index is 10.4. The van der Waals surface area contributed by atoms with Crippen molar-refractivity contribution in [3.05, 3.63) is 0 Å². The van der Waals surface area contributed by atoms with Crippen molar-refractivity contribution in [2.75, 3.05) is 6.38 Å². The van der Waals surface area contributed by atoms with Crippen LogP contribution in [-0.4, -0.2) is 23.5 Å². The molecule has 12 heavy (non-hydrogen) atoms. The number of nitrogens with two attached hydrogens (primary N) is 1. The number of hydrogen-bond acceptors (Lipinski definition) is 2. The van der Waals surface area contributed by atoms with Gasteiger partial charge in [-0.3, -0.25) is 4.79 Å². The fourth-order valence-corrected chi connectivity index (χ4v) is 1.37. The second-order valence-corrected chi connectivity index (χ2v) is 2.95. The van der Waals surface area contributed by atoms with Crippen LogP contribution >= 0.6 is 11.6 Å². The largest absolute Gasteiger partial charge is 0.481 e. The van der Waals surface area contributed by atoms with Crippen molar-refractivity contribution in [2.24, 2.45) is 11.7 Å². The van der Waals surface area contributed by atoms with Crippen molar-refractivity contribution in [1.29, 1.82) is 0 Å². The van der Waals surface area contributed by atoms with Crippen molar-refractivity contribution >= 4 is 17.6 Å². The molecule has 1 aliphatic carbocycles. The van der Waals surface area contributed by atoms with E-state index < -0.39 is 5.97 Å². The number of hydrogen-bond donors (Lipinski definition) is 2. The van der Waals surface area contributed by atoms with E-state index in [1.165, 1.54) is 6.38 Å². The summed E-state index contributed by atoms with van der Waals surface area (Å²) in [6, 6.07) is 0.246. The summed E-state index contributed by atoms with van der Waals surface area (Å²) in [7, 11) is 0. The Morgan fingerprint density at radius 2 is 1.75 bits per heavy atom. The maximum Gasteiger partial charge on any atom is 0.306 e. The van der Waals surface area contributed by atoms with Crippen molar-refractivity contribution in [2.45, 2.75) is 31.7 Å². The van der Waals surface area contributed by atoms with E-state index in [9.17, 15) is 4.79 Å². The lowest BCUT2D eigenvalue weighted by molar-refractivity contribution is -0.142. The molecule has 0 spiro atoms. The minimum atomic E-state index is -0.660. The number of halogens is 1. The van der Waals surface area contributed by atoms with Gasteiger partial charge in [0.1, 0.15) is 0 Å². The zero-order chi connectivity index (χ0) is 9.56. The smallest absolute Gasteiger partial charge is 0.306 e. The number of carboxylic acids is 1. The first-order valence-electron chi connectivity index (χ1n) is 4.06. The Balaban J connectivity index is 0.000000561. The zero-order valence-electron chi connectivity index (χ0n) is 7.29. The van der Waals surface area contributed by atoms with Gasteiger partial charge < -0.3 is 10.8 Å². The van der Waals surface area contributed by atoms with Crippen molar-refractivity contribution < 1.29 is 9.90 Å². The predicted octanol–water partition coefficient (Wildman–Crippen LogP) is 1.44. The fraction of sp³-hybridized carbons (Fsp3) is 0.875. The molecule has 0 aromatic heterocycles. The minimum Gasteiger partial charge on any atom is -0.481 e. The van der Waals surface area contributed by atoms with Gasteiger partial charge >= 0.3 is 5.97 Å². The van der Waals surface area contributed by atoms with E-state index in [2.05, 4.69) is 11.6 Å². The number of carboxylic acid groups (broad SMARTS) is 1. The van der Waals surface area contributed by atoms with Gasteiger partial charge in [0.2, 0.25) is 0 Å². The van der Waals surface area contributed by atoms with Gasteiger partial charge in [-0.15, -0.1) is 11.6 Å². The van der Waals surface area contributed by atoms with Gasteiger partial charge in [-0.1, -0.05) is 0 Å². The molecule has 3 nitrogen and oxygen atoms in total. The molecule has 0 bridgehead atoms. The maximum atomic E-state index is 10.4. The van der Waals surface area contributed by atoms with E-state index in [0.29, 0.717) is 0 Å². The summed E-state index contributed by atoms with van der Waals surface area (Å²) in [6.45, 7) is 0. The molecule has 0 atom stereocenters. The molecule has 1 aliphatic rings. The lowest BCUT2D eigenvalue weighted by Crippen LogP contribution is -2.29. The van der Waals surface area contributed by atoms with Gasteiger partial charge in [-0.2, -0.15) is 0 Å². The molecule has 1 rings (SSSR count). The monoisotopic (exact) mass is 193 g/mol. The predicted molar refractivity (Wildman–Crippen MR) is 49.3 cm³/mol. The SMILES string of the molecule is CCl.NC1CCC(C(=O)O)CC1. The first-order chi connectivity index (χ1) is 5.70. The van der Waals surface area contributed by atoms with Gasteiger partial charge in [-0.05, 0) is 25.7 Å². The van der Waals surface area contributed by atoms with E-state index in [4.69, 9.17) is 10.8 Å². The first kappa shape index (κ1) is 11.7. The number of rotatable bonds is 1. The van der Waals surface area contributed by atoms with Crippen LogP contribution in [0.1, 0.15) is 25.7 Å². The molecule has 0 unspecified atom stereocenters. The van der Waals surface area contributed by atoms with E-state index in [0.717, 1.165) is 25.7 Å². The summed E-state index contributed by atoms with van der Waals surface area (Å²) >= 11 is 4.64. The third-order valence-electron chi connectivity index (χ3n) is 2.12. The average molecular weight is 194 g/mol. The molecule has 1 fully saturated rings. The summed E-state index contributed by atoms with van der Waals surface area (Å²) in [5.74, 6) is -0.785. The highest BCUT2D eigenvalue weighted by molar-refractivity contribution is 6.15. The van der Waals surface area contributed by atoms with E-state index in [1.54, 1.807) is 0 Å². The van der Waals surface area contributed by atoms with E-state index in [-0.39, 0.29) is 12.0 Å². The Hall–Kier alpha value is -0.280. The molecule has 1 saturated carbocycles. The standard InChI is InChI=1S/C7H13NO2.CH3Cl/c8-6-3-1-5(2-4-6)7(9)10;1-2/h5-6H,1-4,8H2,(H,9,10);1H3. The normalized spacial score (nSPS) is 28.6. The minimum absolute atomic E-state index is 0.125. The lowest BCUT2D eigenvalue weighted by Gasteiger charge is -2.22. The van der Waals surface area contributed by atoms with Crippen LogP contribution in [0.25, 0.3) is 0 Å². The van der Waals surface area contributed by atoms with Crippen molar-refractivity contribution in [1.82, 2.24) is 0 Å². The highest BCUT2D eigenvalue weighted by Crippen LogP contribution is 2.22. The molecular weight excluding hydrogens is 178 g/mol. The van der Waals surface area contributed by atoms with Crippen LogP contribution < -0.4 is 5.73 Å². The van der Waals surface area contributed by atoms with Gasteiger partial charge in [0.05, 0.1) is 5.92 Å². The summed E-state index contributed by atoms with van der Waals surface area (Å²) in [6.07, 6.45) is 4.74. The highest BCUT2D eigenvalue weighted by atomic mass is 35.5. The molecule has 0 aromatic rings. The Kier molecular flexibility index (Phi) is 6.11. The highest BCUT2D eigenvalue weighted by Gasteiger charge is 2.23. The Morgan fingerprint density at radius 1 is 1.33 bits per heavy atom. The number of alkyl halides is 1. The lowest BCUT2D eigenvalue weighted by atomic mass is 9.87. The van der Waals surface area contributed by atoms with Crippen molar-refractivity contribution in [3.8, 4) is 0 Å². The molecule has 72 valence electrons. The second-order valence-electron chi connectivity index (χ2n) is 2.95. The number of aliphatic carboxylic acids is 1. The molecule has 0 saturated heterocycles. The molecule has 0 heterocycles. The summed E-state index contributed by atoms with van der Waals surface area (Å²) in [5.41, 5.74) is 5.60. The molecular formula is C8H16ClNO2. The molecule has 0 aromatic carbocycles. The molecule has 3 N–H and O–H groups in total. The third kappa shape index (κ3) is 3.93. The van der Waals surface area contributed by atoms with E-state index >= 15 is 0 Å². The fourth-order valence-electron chi connectivity index (χ4n) is 1.37. The van der Waals surface area contributed by atoms with Gasteiger partial charge in [-0.25, -0.2) is 0 Å². The van der Waals surface area contributed by atoms with Crippen LogP contribution in [0.15, 0.2) is 0 Å². The second kappa shape index (κ2) is 6.26. The number of carbonyl (C=O) groups is 1. The van der Waals surface area contributed by atoms with Gasteiger partial charge in [0, 0.05) is 12.4 Å². The average Bonchev–Trinajstić information content (AvgIpc) is 2.09. The van der Waals surface area contributed by atoms with Crippen LogP contribution in [0.2, 0.25) is 0 Å². The van der Waals surface area contributed by atoms with Crippen LogP contribution in [0.4, 0.5) is 0 Å². The molecule has 4 heteroatoms. The quantitative estimate of drug-likeness (QED) is 0.620. The topological polar surface area (TPSA) is 63.3 Å². The molecule has 0 radical (unpaired) electrons. The van der Waals surface area contributed by atoms with Crippen LogP contribution in [0, 0.1) is 5.92 Å². The van der Waals surface area contributed by atoms with Crippen LogP contribution in [0.5, 0.6) is 0 Å². The van der Waals surface area contributed by atoms with Gasteiger partial charge in [0.25, 0.3) is 0 Å². The zero-order valence-corrected chi connectivity index (χ0v) is 8.05. The van der Waals surface area contributed by atoms with Crippen LogP contribution in [-0.2, 0) is 4.79 Å². The summed E-state index contributed by atoms with van der Waals surface area (Å²) in [4.78, 5) is 10.4. The Morgan fingerprint density at radius 3 is 2.08 bits per heavy atom. The van der Waals surface area contributed by atoms with Crippen molar-refractivity contribution in [3.63, 3.8) is 0 Å². The summed E-state index contributed by atoms with van der Waals surface area (Å²) < 4.78 is 0. The third-order valence-corrected chi connectivity index (χ3v) is 2.12. The van der Waals surface area contributed by atoms with Gasteiger partial charge in [0.15, 0.2) is 0 Å². The van der Waals surface area contributed by atoms with E-state index in [1.807, 2.05) is 0 Å². The van der Waals surface area contributed by atoms with Crippen LogP contribution in [0.3, 0.4) is 0 Å². The Labute approximate surface area is 77.9 Å². The summed E-state index contributed by atoms with van der Waals surface area (Å²) in [5, 5.41) is 8.58. The molecule has 0 amide bonds. The first-order valence-corrected chi connectivity index (χ1v) is 4.82.